The van der Waals surface area contributed by atoms with Crippen LogP contribution in [0, 0.1) is 5.82 Å². The maximum atomic E-state index is 13.0. The lowest BCUT2D eigenvalue weighted by Gasteiger charge is -2.35. The smallest absolute Gasteiger partial charge is 0.327 e. The van der Waals surface area contributed by atoms with Gasteiger partial charge < -0.3 is 15.3 Å². The number of hydrogen-bond donors (Lipinski definition) is 2. The Morgan fingerprint density at radius 2 is 2.35 bits per heavy atom. The summed E-state index contributed by atoms with van der Waals surface area (Å²) in [7, 11) is 0. The number of nitrogens with zero attached hydrogens (tertiary/aromatic N) is 1. The van der Waals surface area contributed by atoms with Crippen molar-refractivity contribution in [3.05, 3.63) is 29.0 Å². The third kappa shape index (κ3) is 2.50. The first kappa shape index (κ1) is 12.1. The second-order valence-corrected chi connectivity index (χ2v) is 4.26. The van der Waals surface area contributed by atoms with Crippen molar-refractivity contribution in [1.29, 1.82) is 0 Å². The van der Waals surface area contributed by atoms with Crippen LogP contribution in [0.4, 0.5) is 10.1 Å². The molecular formula is C11H12ClFN2O2. The van der Waals surface area contributed by atoms with E-state index in [0.717, 1.165) is 0 Å². The van der Waals surface area contributed by atoms with Gasteiger partial charge in [-0.05, 0) is 18.2 Å². The Morgan fingerprint density at radius 3 is 3.00 bits per heavy atom. The van der Waals surface area contributed by atoms with Crippen LogP contribution in [0.1, 0.15) is 0 Å². The van der Waals surface area contributed by atoms with E-state index in [2.05, 4.69) is 5.32 Å². The average molecular weight is 259 g/mol. The molecule has 1 atom stereocenters. The fourth-order valence-corrected chi connectivity index (χ4v) is 2.07. The molecule has 92 valence electrons. The summed E-state index contributed by atoms with van der Waals surface area (Å²) >= 11 is 5.70. The van der Waals surface area contributed by atoms with Crippen LogP contribution in [0.25, 0.3) is 0 Å². The monoisotopic (exact) mass is 258 g/mol. The van der Waals surface area contributed by atoms with Gasteiger partial charge in [0.2, 0.25) is 0 Å². The molecule has 0 radical (unpaired) electrons. The molecule has 1 aromatic rings. The summed E-state index contributed by atoms with van der Waals surface area (Å²) in [5.74, 6) is -1.41. The molecule has 0 bridgehead atoms. The highest BCUT2D eigenvalue weighted by atomic mass is 35.5. The number of aliphatic carboxylic acids is 1. The molecule has 17 heavy (non-hydrogen) atoms. The minimum absolute atomic E-state index is 0.00479. The molecule has 1 aliphatic heterocycles. The SMILES string of the molecule is O=C(O)C1CNCCN1c1ccc(F)c(Cl)c1. The fourth-order valence-electron chi connectivity index (χ4n) is 1.90. The van der Waals surface area contributed by atoms with Gasteiger partial charge in [0.1, 0.15) is 11.9 Å². The molecule has 6 heteroatoms. The predicted octanol–water partition coefficient (Wildman–Crippen LogP) is 1.34. The first-order chi connectivity index (χ1) is 8.09. The van der Waals surface area contributed by atoms with Gasteiger partial charge in [-0.1, -0.05) is 11.6 Å². The van der Waals surface area contributed by atoms with Gasteiger partial charge >= 0.3 is 5.97 Å². The Hall–Kier alpha value is -1.33. The summed E-state index contributed by atoms with van der Waals surface area (Å²) in [4.78, 5) is 12.8. The van der Waals surface area contributed by atoms with Crippen molar-refractivity contribution in [2.24, 2.45) is 0 Å². The van der Waals surface area contributed by atoms with E-state index in [1.807, 2.05) is 0 Å². The van der Waals surface area contributed by atoms with Gasteiger partial charge in [-0.2, -0.15) is 0 Å². The molecule has 1 heterocycles. The first-order valence-corrected chi connectivity index (χ1v) is 5.62. The summed E-state index contributed by atoms with van der Waals surface area (Å²) in [5.41, 5.74) is 0.630. The number of carboxylic acid groups (broad SMARTS) is 1. The van der Waals surface area contributed by atoms with Crippen LogP contribution >= 0.6 is 11.6 Å². The van der Waals surface area contributed by atoms with Crippen molar-refractivity contribution < 1.29 is 14.3 Å². The highest BCUT2D eigenvalue weighted by Crippen LogP contribution is 2.24. The van der Waals surface area contributed by atoms with E-state index in [1.54, 1.807) is 11.0 Å². The minimum atomic E-state index is -0.905. The molecule has 2 N–H and O–H groups in total. The Kier molecular flexibility index (Phi) is 3.49. The molecule has 0 spiro atoms. The van der Waals surface area contributed by atoms with E-state index in [-0.39, 0.29) is 5.02 Å². The maximum Gasteiger partial charge on any atom is 0.327 e. The predicted molar refractivity (Wildman–Crippen MR) is 63.0 cm³/mol. The second-order valence-electron chi connectivity index (χ2n) is 3.85. The fraction of sp³-hybridized carbons (Fsp3) is 0.364. The van der Waals surface area contributed by atoms with E-state index in [1.165, 1.54) is 12.1 Å². The van der Waals surface area contributed by atoms with Crippen molar-refractivity contribution in [3.8, 4) is 0 Å². The van der Waals surface area contributed by atoms with Crippen LogP contribution in [0.15, 0.2) is 18.2 Å². The number of benzene rings is 1. The Bertz CT molecular complexity index is 441. The zero-order valence-electron chi connectivity index (χ0n) is 8.99. The van der Waals surface area contributed by atoms with Gasteiger partial charge in [-0.15, -0.1) is 0 Å². The molecule has 1 aromatic carbocycles. The van der Waals surface area contributed by atoms with E-state index in [9.17, 15) is 9.18 Å². The van der Waals surface area contributed by atoms with Gasteiger partial charge in [-0.25, -0.2) is 9.18 Å². The summed E-state index contributed by atoms with van der Waals surface area (Å²) < 4.78 is 13.0. The van der Waals surface area contributed by atoms with Crippen LogP contribution in [0.5, 0.6) is 0 Å². The number of anilines is 1. The van der Waals surface area contributed by atoms with Crippen LogP contribution in [0.2, 0.25) is 5.02 Å². The second kappa shape index (κ2) is 4.89. The molecule has 0 amide bonds. The van der Waals surface area contributed by atoms with Gasteiger partial charge in [0.15, 0.2) is 0 Å². The molecule has 1 fully saturated rings. The zero-order chi connectivity index (χ0) is 12.4. The topological polar surface area (TPSA) is 52.6 Å². The lowest BCUT2D eigenvalue weighted by molar-refractivity contribution is -0.138. The van der Waals surface area contributed by atoms with Gasteiger partial charge in [0, 0.05) is 25.3 Å². The summed E-state index contributed by atoms with van der Waals surface area (Å²) in [6, 6.07) is 3.60. The van der Waals surface area contributed by atoms with E-state index in [4.69, 9.17) is 16.7 Å². The number of rotatable bonds is 2. The van der Waals surface area contributed by atoms with Crippen molar-refractivity contribution >= 4 is 23.3 Å². The first-order valence-electron chi connectivity index (χ1n) is 5.25. The third-order valence-electron chi connectivity index (χ3n) is 2.76. The molecule has 4 nitrogen and oxygen atoms in total. The van der Waals surface area contributed by atoms with Crippen LogP contribution in [-0.4, -0.2) is 36.8 Å². The summed E-state index contributed by atoms with van der Waals surface area (Å²) in [6.07, 6.45) is 0. The largest absolute Gasteiger partial charge is 0.480 e. The number of piperazine rings is 1. The minimum Gasteiger partial charge on any atom is -0.480 e. The zero-order valence-corrected chi connectivity index (χ0v) is 9.75. The summed E-state index contributed by atoms with van der Waals surface area (Å²) in [6.45, 7) is 1.61. The van der Waals surface area contributed by atoms with E-state index in [0.29, 0.717) is 25.3 Å². The van der Waals surface area contributed by atoms with Gasteiger partial charge in [-0.3, -0.25) is 0 Å². The molecule has 0 aromatic heterocycles. The molecule has 1 unspecified atom stereocenters. The normalized spacial score (nSPS) is 20.4. The number of carbonyl (C=O) groups is 1. The molecule has 2 rings (SSSR count). The molecular weight excluding hydrogens is 247 g/mol. The van der Waals surface area contributed by atoms with Gasteiger partial charge in [0.25, 0.3) is 0 Å². The molecule has 1 saturated heterocycles. The standard InChI is InChI=1S/C11H12ClFN2O2/c12-8-5-7(1-2-9(8)13)15-4-3-14-6-10(15)11(16)17/h1-2,5,10,14H,3-4,6H2,(H,16,17). The highest BCUT2D eigenvalue weighted by Gasteiger charge is 2.28. The van der Waals surface area contributed by atoms with E-state index < -0.39 is 17.8 Å². The molecule has 0 aliphatic carbocycles. The quantitative estimate of drug-likeness (QED) is 0.841. The van der Waals surface area contributed by atoms with Crippen LogP contribution in [0.3, 0.4) is 0 Å². The highest BCUT2D eigenvalue weighted by molar-refractivity contribution is 6.31. The summed E-state index contributed by atoms with van der Waals surface area (Å²) in [5, 5.41) is 12.1. The Balaban J connectivity index is 2.29. The van der Waals surface area contributed by atoms with Crippen molar-refractivity contribution in [3.63, 3.8) is 0 Å². The lowest BCUT2D eigenvalue weighted by atomic mass is 10.1. The Morgan fingerprint density at radius 1 is 1.59 bits per heavy atom. The van der Waals surface area contributed by atoms with Crippen molar-refractivity contribution in [1.82, 2.24) is 5.32 Å². The van der Waals surface area contributed by atoms with E-state index >= 15 is 0 Å². The van der Waals surface area contributed by atoms with Crippen LogP contribution in [-0.2, 0) is 4.79 Å². The Labute approximate surface area is 103 Å². The number of nitrogens with one attached hydrogen (secondary N) is 1. The average Bonchev–Trinajstić information content (AvgIpc) is 2.32. The molecule has 0 saturated carbocycles. The number of hydrogen-bond acceptors (Lipinski definition) is 3. The number of carboxylic acids is 1. The number of halogens is 2. The molecule has 1 aliphatic rings. The van der Waals surface area contributed by atoms with Crippen molar-refractivity contribution in [2.75, 3.05) is 24.5 Å². The van der Waals surface area contributed by atoms with Gasteiger partial charge in [0.05, 0.1) is 5.02 Å². The maximum absolute atomic E-state index is 13.0. The van der Waals surface area contributed by atoms with Crippen molar-refractivity contribution in [2.45, 2.75) is 6.04 Å². The lowest BCUT2D eigenvalue weighted by Crippen LogP contribution is -2.55. The van der Waals surface area contributed by atoms with Crippen LogP contribution < -0.4 is 10.2 Å². The third-order valence-corrected chi connectivity index (χ3v) is 3.05.